The van der Waals surface area contributed by atoms with Crippen molar-refractivity contribution in [2.75, 3.05) is 0 Å². The fraction of sp³-hybridized carbons (Fsp3) is 0.333. The Balaban J connectivity index is 2.71. The van der Waals surface area contributed by atoms with Crippen LogP contribution < -0.4 is 5.32 Å². The van der Waals surface area contributed by atoms with Crippen molar-refractivity contribution in [3.05, 3.63) is 34.1 Å². The molecule has 0 spiro atoms. The van der Waals surface area contributed by atoms with Crippen molar-refractivity contribution in [1.82, 2.24) is 5.32 Å². The van der Waals surface area contributed by atoms with Crippen LogP contribution in [0.5, 0.6) is 0 Å². The minimum atomic E-state index is -0.353. The van der Waals surface area contributed by atoms with E-state index >= 15 is 0 Å². The van der Waals surface area contributed by atoms with Gasteiger partial charge in [-0.3, -0.25) is 5.32 Å². The third-order valence-corrected chi connectivity index (χ3v) is 2.83. The fourth-order valence-corrected chi connectivity index (χ4v) is 1.52. The van der Waals surface area contributed by atoms with Crippen molar-refractivity contribution in [1.29, 1.82) is 0 Å². The Kier molecular flexibility index (Phi) is 3.90. The maximum Gasteiger partial charge on any atom is 0.124 e. The molecule has 0 aliphatic carbocycles. The monoisotopic (exact) mass is 269 g/mol. The van der Waals surface area contributed by atoms with E-state index in [-0.39, 0.29) is 11.4 Å². The van der Waals surface area contributed by atoms with E-state index in [4.69, 9.17) is 6.42 Å². The van der Waals surface area contributed by atoms with E-state index in [0.717, 1.165) is 10.0 Å². The number of rotatable bonds is 3. The lowest BCUT2D eigenvalue weighted by atomic mass is 10.1. The van der Waals surface area contributed by atoms with Crippen molar-refractivity contribution < 1.29 is 4.39 Å². The van der Waals surface area contributed by atoms with Crippen LogP contribution in [0.1, 0.15) is 19.4 Å². The van der Waals surface area contributed by atoms with Crippen molar-refractivity contribution in [2.24, 2.45) is 0 Å². The maximum atomic E-state index is 12.8. The van der Waals surface area contributed by atoms with Gasteiger partial charge in [-0.15, -0.1) is 6.42 Å². The number of hydrogen-bond donors (Lipinski definition) is 1. The summed E-state index contributed by atoms with van der Waals surface area (Å²) in [6, 6.07) is 4.61. The van der Waals surface area contributed by atoms with Gasteiger partial charge in [0.1, 0.15) is 5.82 Å². The molecular weight excluding hydrogens is 257 g/mol. The molecule has 0 atom stereocenters. The Labute approximate surface area is 98.2 Å². The zero-order valence-electron chi connectivity index (χ0n) is 8.77. The molecule has 0 aliphatic heterocycles. The molecule has 0 aliphatic rings. The van der Waals surface area contributed by atoms with Crippen LogP contribution in [0.15, 0.2) is 22.7 Å². The van der Waals surface area contributed by atoms with Crippen molar-refractivity contribution in [3.8, 4) is 12.3 Å². The second-order valence-electron chi connectivity index (χ2n) is 3.86. The second-order valence-corrected chi connectivity index (χ2v) is 4.71. The lowest BCUT2D eigenvalue weighted by molar-refractivity contribution is 0.490. The second kappa shape index (κ2) is 4.78. The Morgan fingerprint density at radius 2 is 2.20 bits per heavy atom. The summed E-state index contributed by atoms with van der Waals surface area (Å²) in [4.78, 5) is 0. The first kappa shape index (κ1) is 12.2. The first-order valence-corrected chi connectivity index (χ1v) is 5.40. The van der Waals surface area contributed by atoms with Crippen LogP contribution in [-0.4, -0.2) is 5.54 Å². The van der Waals surface area contributed by atoms with Gasteiger partial charge in [0.2, 0.25) is 0 Å². The molecule has 0 saturated heterocycles. The zero-order chi connectivity index (χ0) is 11.5. The molecule has 0 bridgehead atoms. The van der Waals surface area contributed by atoms with Crippen LogP contribution in [-0.2, 0) is 6.54 Å². The van der Waals surface area contributed by atoms with Crippen molar-refractivity contribution in [3.63, 3.8) is 0 Å². The minimum absolute atomic E-state index is 0.248. The van der Waals surface area contributed by atoms with Crippen LogP contribution in [0.3, 0.4) is 0 Å². The lowest BCUT2D eigenvalue weighted by Crippen LogP contribution is -2.36. The van der Waals surface area contributed by atoms with Gasteiger partial charge in [-0.05, 0) is 31.5 Å². The van der Waals surface area contributed by atoms with Gasteiger partial charge in [0, 0.05) is 11.0 Å². The average Bonchev–Trinajstić information content (AvgIpc) is 2.16. The summed E-state index contributed by atoms with van der Waals surface area (Å²) in [5.41, 5.74) is 0.633. The molecule has 1 aromatic carbocycles. The fourth-order valence-electron chi connectivity index (χ4n) is 1.03. The first-order chi connectivity index (χ1) is 6.94. The number of hydrogen-bond acceptors (Lipinski definition) is 1. The molecule has 0 fully saturated rings. The summed E-state index contributed by atoms with van der Waals surface area (Å²) in [5.74, 6) is 2.39. The summed E-state index contributed by atoms with van der Waals surface area (Å²) >= 11 is 3.31. The molecule has 0 aromatic heterocycles. The summed E-state index contributed by atoms with van der Waals surface area (Å²) in [6.07, 6.45) is 5.35. The molecule has 1 N–H and O–H groups in total. The highest BCUT2D eigenvalue weighted by Gasteiger charge is 2.13. The van der Waals surface area contributed by atoms with E-state index in [1.54, 1.807) is 6.07 Å². The van der Waals surface area contributed by atoms with Gasteiger partial charge in [-0.2, -0.15) is 0 Å². The highest BCUT2D eigenvalue weighted by molar-refractivity contribution is 9.10. The Morgan fingerprint density at radius 3 is 2.73 bits per heavy atom. The highest BCUT2D eigenvalue weighted by atomic mass is 79.9. The topological polar surface area (TPSA) is 12.0 Å². The van der Waals surface area contributed by atoms with Gasteiger partial charge in [0.05, 0.1) is 5.54 Å². The molecule has 0 radical (unpaired) electrons. The van der Waals surface area contributed by atoms with Crippen molar-refractivity contribution >= 4 is 15.9 Å². The molecular formula is C12H13BrFN. The van der Waals surface area contributed by atoms with Gasteiger partial charge in [-0.25, -0.2) is 4.39 Å². The summed E-state index contributed by atoms with van der Waals surface area (Å²) in [5, 5.41) is 3.20. The third kappa shape index (κ3) is 3.65. The molecule has 1 rings (SSSR count). The minimum Gasteiger partial charge on any atom is -0.297 e. The molecule has 0 unspecified atom stereocenters. The maximum absolute atomic E-state index is 12.8. The number of nitrogens with one attached hydrogen (secondary N) is 1. The molecule has 15 heavy (non-hydrogen) atoms. The van der Waals surface area contributed by atoms with E-state index in [0.29, 0.717) is 6.54 Å². The van der Waals surface area contributed by atoms with E-state index in [9.17, 15) is 4.39 Å². The molecule has 3 heteroatoms. The molecule has 0 saturated carbocycles. The predicted molar refractivity (Wildman–Crippen MR) is 63.9 cm³/mol. The zero-order valence-corrected chi connectivity index (χ0v) is 10.4. The van der Waals surface area contributed by atoms with E-state index < -0.39 is 0 Å². The summed E-state index contributed by atoms with van der Waals surface area (Å²) in [6.45, 7) is 4.45. The van der Waals surface area contributed by atoms with Crippen LogP contribution in [0.4, 0.5) is 4.39 Å². The van der Waals surface area contributed by atoms with E-state index in [1.165, 1.54) is 12.1 Å². The molecule has 0 heterocycles. The van der Waals surface area contributed by atoms with Crippen LogP contribution >= 0.6 is 15.9 Å². The molecule has 1 aromatic rings. The summed E-state index contributed by atoms with van der Waals surface area (Å²) in [7, 11) is 0. The lowest BCUT2D eigenvalue weighted by Gasteiger charge is -2.20. The van der Waals surface area contributed by atoms with Crippen LogP contribution in [0, 0.1) is 18.2 Å². The van der Waals surface area contributed by atoms with Gasteiger partial charge in [-0.1, -0.05) is 27.9 Å². The number of halogens is 2. The smallest absolute Gasteiger partial charge is 0.124 e. The summed E-state index contributed by atoms with van der Waals surface area (Å²) < 4.78 is 13.6. The van der Waals surface area contributed by atoms with Gasteiger partial charge in [0.25, 0.3) is 0 Å². The SMILES string of the molecule is C#CC(C)(C)NCc1ccc(F)cc1Br. The number of terminal acetylenes is 1. The van der Waals surface area contributed by atoms with Gasteiger partial charge < -0.3 is 0 Å². The molecule has 80 valence electrons. The quantitative estimate of drug-likeness (QED) is 0.832. The van der Waals surface area contributed by atoms with Crippen LogP contribution in [0.2, 0.25) is 0 Å². The molecule has 1 nitrogen and oxygen atoms in total. The predicted octanol–water partition coefficient (Wildman–Crippen LogP) is 3.09. The highest BCUT2D eigenvalue weighted by Crippen LogP contribution is 2.18. The van der Waals surface area contributed by atoms with Crippen LogP contribution in [0.25, 0.3) is 0 Å². The molecule has 0 amide bonds. The largest absolute Gasteiger partial charge is 0.297 e. The van der Waals surface area contributed by atoms with Gasteiger partial charge in [0.15, 0.2) is 0 Å². The Hall–Kier alpha value is -0.850. The standard InChI is InChI=1S/C12H13BrFN/c1-4-12(2,3)15-8-9-5-6-10(14)7-11(9)13/h1,5-7,15H,8H2,2-3H3. The Bertz CT molecular complexity index is 393. The first-order valence-electron chi connectivity index (χ1n) is 4.61. The normalized spacial score (nSPS) is 11.1. The number of benzene rings is 1. The van der Waals surface area contributed by atoms with Crippen molar-refractivity contribution in [2.45, 2.75) is 25.9 Å². The average molecular weight is 270 g/mol. The van der Waals surface area contributed by atoms with E-state index in [1.807, 2.05) is 13.8 Å². The Morgan fingerprint density at radius 1 is 1.53 bits per heavy atom. The van der Waals surface area contributed by atoms with E-state index in [2.05, 4.69) is 27.2 Å². The third-order valence-electron chi connectivity index (χ3n) is 2.10. The van der Waals surface area contributed by atoms with Gasteiger partial charge >= 0.3 is 0 Å².